The van der Waals surface area contributed by atoms with E-state index in [1.165, 1.54) is 38.1 Å². The Labute approximate surface area is 163 Å². The normalized spacial score (nSPS) is 20.9. The van der Waals surface area contributed by atoms with Gasteiger partial charge in [0.25, 0.3) is 5.91 Å². The lowest BCUT2D eigenvalue weighted by molar-refractivity contribution is -0.140. The van der Waals surface area contributed by atoms with Crippen LogP contribution < -0.4 is 14.2 Å². The van der Waals surface area contributed by atoms with E-state index in [4.69, 9.17) is 18.9 Å². The first-order valence-corrected chi connectivity index (χ1v) is 10.7. The maximum absolute atomic E-state index is 12.5. The predicted octanol–water partition coefficient (Wildman–Crippen LogP) is 0.657. The fourth-order valence-corrected chi connectivity index (χ4v) is 4.99. The van der Waals surface area contributed by atoms with Crippen molar-refractivity contribution in [2.45, 2.75) is 25.5 Å². The zero-order valence-electron chi connectivity index (χ0n) is 16.0. The average Bonchev–Trinajstić information content (AvgIpc) is 3.05. The van der Waals surface area contributed by atoms with Gasteiger partial charge in [-0.1, -0.05) is 0 Å². The van der Waals surface area contributed by atoms with Gasteiger partial charge in [0.2, 0.25) is 5.75 Å². The lowest BCUT2D eigenvalue weighted by atomic mass is 10.1. The quantitative estimate of drug-likeness (QED) is 0.648. The van der Waals surface area contributed by atoms with E-state index in [0.29, 0.717) is 36.9 Å². The number of hydrogen-bond donors (Lipinski definition) is 0. The van der Waals surface area contributed by atoms with E-state index in [-0.39, 0.29) is 17.1 Å². The van der Waals surface area contributed by atoms with Crippen LogP contribution in [0.3, 0.4) is 0 Å². The third kappa shape index (κ3) is 4.16. The first kappa shape index (κ1) is 20.2. The molecule has 3 rings (SSSR count). The Morgan fingerprint density at radius 2 is 1.96 bits per heavy atom. The number of likely N-dealkylation sites (N-methyl/N-ethyl adjacent to an activating group) is 1. The molecule has 28 heavy (non-hydrogen) atoms. The van der Waals surface area contributed by atoms with Gasteiger partial charge >= 0.3 is 5.97 Å². The first-order chi connectivity index (χ1) is 13.2. The first-order valence-electron chi connectivity index (χ1n) is 8.87. The van der Waals surface area contributed by atoms with Crippen molar-refractivity contribution in [1.82, 2.24) is 4.90 Å². The third-order valence-electron chi connectivity index (χ3n) is 4.80. The van der Waals surface area contributed by atoms with Gasteiger partial charge in [-0.3, -0.25) is 4.79 Å². The molecule has 0 radical (unpaired) electrons. The Balaban J connectivity index is 1.69. The van der Waals surface area contributed by atoms with Crippen molar-refractivity contribution < 1.29 is 37.0 Å². The van der Waals surface area contributed by atoms with E-state index in [0.717, 1.165) is 0 Å². The molecule has 0 bridgehead atoms. The SMILES string of the molecule is COc1cc(C(=O)O[C@H](C)C(=O)N(C)[C@H]2CCS(=O)(=O)C2)cc2c1OCCO2. The summed E-state index contributed by atoms with van der Waals surface area (Å²) in [6, 6.07) is 2.53. The minimum atomic E-state index is -3.12. The lowest BCUT2D eigenvalue weighted by Crippen LogP contribution is -2.44. The number of nitrogens with zero attached hydrogens (tertiary/aromatic N) is 1. The van der Waals surface area contributed by atoms with Crippen molar-refractivity contribution in [3.8, 4) is 17.2 Å². The number of methoxy groups -OCH3 is 1. The summed E-state index contributed by atoms with van der Waals surface area (Å²) >= 11 is 0. The summed E-state index contributed by atoms with van der Waals surface area (Å²) < 4.78 is 44.8. The number of carbonyl (C=O) groups is 2. The molecular formula is C18H23NO8S. The van der Waals surface area contributed by atoms with Crippen LogP contribution in [0.1, 0.15) is 23.7 Å². The minimum absolute atomic E-state index is 0.0560. The van der Waals surface area contributed by atoms with Crippen LogP contribution in [0.15, 0.2) is 12.1 Å². The van der Waals surface area contributed by atoms with E-state index >= 15 is 0 Å². The molecule has 2 aliphatic heterocycles. The van der Waals surface area contributed by atoms with Crippen LogP contribution in [0, 0.1) is 0 Å². The van der Waals surface area contributed by atoms with Crippen LogP contribution in [-0.4, -0.2) is 76.2 Å². The molecule has 2 heterocycles. The van der Waals surface area contributed by atoms with Crippen LogP contribution in [-0.2, 0) is 19.4 Å². The molecule has 1 amide bonds. The third-order valence-corrected chi connectivity index (χ3v) is 6.55. The minimum Gasteiger partial charge on any atom is -0.493 e. The Morgan fingerprint density at radius 1 is 1.25 bits per heavy atom. The second-order valence-electron chi connectivity index (χ2n) is 6.76. The largest absolute Gasteiger partial charge is 0.493 e. The number of benzene rings is 1. The Morgan fingerprint density at radius 3 is 2.61 bits per heavy atom. The Hall–Kier alpha value is -2.49. The zero-order chi connectivity index (χ0) is 20.5. The molecule has 0 saturated carbocycles. The average molecular weight is 413 g/mol. The number of ether oxygens (including phenoxy) is 4. The highest BCUT2D eigenvalue weighted by atomic mass is 32.2. The highest BCUT2D eigenvalue weighted by molar-refractivity contribution is 7.91. The highest BCUT2D eigenvalue weighted by Gasteiger charge is 2.35. The number of fused-ring (bicyclic) bond motifs is 1. The molecule has 1 fully saturated rings. The van der Waals surface area contributed by atoms with Gasteiger partial charge in [-0.2, -0.15) is 0 Å². The molecular weight excluding hydrogens is 390 g/mol. The monoisotopic (exact) mass is 413 g/mol. The van der Waals surface area contributed by atoms with Gasteiger partial charge in [0.15, 0.2) is 27.4 Å². The summed E-state index contributed by atoms with van der Waals surface area (Å²) in [6.45, 7) is 2.18. The summed E-state index contributed by atoms with van der Waals surface area (Å²) in [5.41, 5.74) is 0.159. The van der Waals surface area contributed by atoms with E-state index in [1.54, 1.807) is 0 Å². The Kier molecular flexibility index (Phi) is 5.69. The van der Waals surface area contributed by atoms with Gasteiger partial charge < -0.3 is 23.8 Å². The van der Waals surface area contributed by atoms with Crippen molar-refractivity contribution in [2.24, 2.45) is 0 Å². The molecule has 10 heteroatoms. The highest BCUT2D eigenvalue weighted by Crippen LogP contribution is 2.40. The van der Waals surface area contributed by atoms with Crippen molar-refractivity contribution in [3.63, 3.8) is 0 Å². The number of rotatable bonds is 5. The number of sulfone groups is 1. The summed E-state index contributed by atoms with van der Waals surface area (Å²) in [4.78, 5) is 26.4. The number of carbonyl (C=O) groups excluding carboxylic acids is 2. The summed E-state index contributed by atoms with van der Waals surface area (Å²) in [5, 5.41) is 0. The summed E-state index contributed by atoms with van der Waals surface area (Å²) in [7, 11) is -0.161. The molecule has 1 saturated heterocycles. The molecule has 2 atom stereocenters. The molecule has 0 N–H and O–H groups in total. The van der Waals surface area contributed by atoms with Crippen LogP contribution in [0.2, 0.25) is 0 Å². The van der Waals surface area contributed by atoms with E-state index in [1.807, 2.05) is 0 Å². The standard InChI is InChI=1S/C18H23NO8S/c1-11(17(20)19(2)13-4-7-28(22,23)10-13)27-18(21)12-8-14(24-3)16-15(9-12)25-5-6-26-16/h8-9,11,13H,4-7,10H2,1-3H3/t11-,13+/m1/s1. The molecule has 9 nitrogen and oxygen atoms in total. The molecule has 154 valence electrons. The zero-order valence-corrected chi connectivity index (χ0v) is 16.8. The van der Waals surface area contributed by atoms with Gasteiger partial charge in [0.05, 0.1) is 24.2 Å². The molecule has 1 aromatic rings. The van der Waals surface area contributed by atoms with Gasteiger partial charge in [0.1, 0.15) is 13.2 Å². The number of amides is 1. The molecule has 0 unspecified atom stereocenters. The van der Waals surface area contributed by atoms with Crippen molar-refractivity contribution in [3.05, 3.63) is 17.7 Å². The Bertz CT molecular complexity index is 865. The van der Waals surface area contributed by atoms with Gasteiger partial charge in [0, 0.05) is 13.1 Å². The lowest BCUT2D eigenvalue weighted by Gasteiger charge is -2.26. The van der Waals surface area contributed by atoms with Crippen LogP contribution >= 0.6 is 0 Å². The second-order valence-corrected chi connectivity index (χ2v) is 8.98. The summed E-state index contributed by atoms with van der Waals surface area (Å²) in [6.07, 6.45) is -0.690. The van der Waals surface area contributed by atoms with E-state index in [9.17, 15) is 18.0 Å². The van der Waals surface area contributed by atoms with Crippen LogP contribution in [0.5, 0.6) is 17.2 Å². The molecule has 1 aromatic carbocycles. The second kappa shape index (κ2) is 7.86. The smallest absolute Gasteiger partial charge is 0.339 e. The molecule has 0 spiro atoms. The van der Waals surface area contributed by atoms with Crippen molar-refractivity contribution in [1.29, 1.82) is 0 Å². The number of hydrogen-bond acceptors (Lipinski definition) is 8. The van der Waals surface area contributed by atoms with Crippen LogP contribution in [0.25, 0.3) is 0 Å². The van der Waals surface area contributed by atoms with Gasteiger partial charge in [-0.15, -0.1) is 0 Å². The van der Waals surface area contributed by atoms with Gasteiger partial charge in [-0.25, -0.2) is 13.2 Å². The molecule has 0 aliphatic carbocycles. The fraction of sp³-hybridized carbons (Fsp3) is 0.556. The maximum atomic E-state index is 12.5. The molecule has 2 aliphatic rings. The van der Waals surface area contributed by atoms with Crippen LogP contribution in [0.4, 0.5) is 0 Å². The fourth-order valence-electron chi connectivity index (χ4n) is 3.22. The number of esters is 1. The topological polar surface area (TPSA) is 108 Å². The summed E-state index contributed by atoms with van der Waals surface area (Å²) in [5.74, 6) is -0.0863. The van der Waals surface area contributed by atoms with Crippen molar-refractivity contribution in [2.75, 3.05) is 38.9 Å². The maximum Gasteiger partial charge on any atom is 0.339 e. The van der Waals surface area contributed by atoms with Crippen molar-refractivity contribution >= 4 is 21.7 Å². The predicted molar refractivity (Wildman–Crippen MR) is 98.7 cm³/mol. The van der Waals surface area contributed by atoms with E-state index < -0.39 is 33.9 Å². The molecule has 0 aromatic heterocycles. The van der Waals surface area contributed by atoms with E-state index in [2.05, 4.69) is 0 Å². The van der Waals surface area contributed by atoms with Gasteiger partial charge in [-0.05, 0) is 25.5 Å².